The van der Waals surface area contributed by atoms with Gasteiger partial charge < -0.3 is 14.7 Å². The molecule has 5 rings (SSSR count). The standard InChI is InChI=1S/C24H26N6O2/c1-25-24(31)16-7-19(9-20(8-16)32-2)30(14-15-3-4-15)18-5-6-21-22(10-18)29-23(13-26-21)17-11-27-28-12-17/h5-13,15,24-25,31H,3-4,14H2,1-2H3,(H,27,28). The van der Waals surface area contributed by atoms with Crippen LogP contribution in [0.4, 0.5) is 11.4 Å². The number of aromatic nitrogens is 4. The average molecular weight is 431 g/mol. The first-order valence-electron chi connectivity index (χ1n) is 10.7. The van der Waals surface area contributed by atoms with Crippen molar-refractivity contribution in [2.75, 3.05) is 25.6 Å². The Hall–Kier alpha value is -3.49. The largest absolute Gasteiger partial charge is 0.497 e. The molecule has 4 aromatic rings. The highest BCUT2D eigenvalue weighted by Crippen LogP contribution is 2.38. The van der Waals surface area contributed by atoms with Crippen LogP contribution in [-0.2, 0) is 0 Å². The van der Waals surface area contributed by atoms with Crippen LogP contribution in [0.1, 0.15) is 24.6 Å². The minimum atomic E-state index is -0.772. The van der Waals surface area contributed by atoms with E-state index in [1.54, 1.807) is 26.6 Å². The Labute approximate surface area is 186 Å². The van der Waals surface area contributed by atoms with E-state index >= 15 is 0 Å². The fraction of sp³-hybridized carbons (Fsp3) is 0.292. The molecule has 164 valence electrons. The molecular weight excluding hydrogens is 404 g/mol. The summed E-state index contributed by atoms with van der Waals surface area (Å²) in [6.07, 6.45) is 7.00. The smallest absolute Gasteiger partial charge is 0.131 e. The first kappa shape index (κ1) is 20.4. The van der Waals surface area contributed by atoms with Gasteiger partial charge >= 0.3 is 0 Å². The number of H-pyrrole nitrogens is 1. The number of aromatic amines is 1. The molecule has 0 amide bonds. The molecule has 0 radical (unpaired) electrons. The molecule has 0 spiro atoms. The summed E-state index contributed by atoms with van der Waals surface area (Å²) in [4.78, 5) is 11.7. The molecular formula is C24H26N6O2. The maximum Gasteiger partial charge on any atom is 0.131 e. The van der Waals surface area contributed by atoms with Gasteiger partial charge in [-0.3, -0.25) is 15.4 Å². The highest BCUT2D eigenvalue weighted by Gasteiger charge is 2.26. The molecule has 3 N–H and O–H groups in total. The lowest BCUT2D eigenvalue weighted by Crippen LogP contribution is -2.21. The fourth-order valence-electron chi connectivity index (χ4n) is 3.82. The monoisotopic (exact) mass is 430 g/mol. The maximum absolute atomic E-state index is 10.4. The lowest BCUT2D eigenvalue weighted by molar-refractivity contribution is 0.149. The Morgan fingerprint density at radius 2 is 2.03 bits per heavy atom. The molecule has 1 unspecified atom stereocenters. The molecule has 1 aliphatic carbocycles. The molecule has 2 heterocycles. The molecule has 8 nitrogen and oxygen atoms in total. The Kier molecular flexibility index (Phi) is 5.46. The van der Waals surface area contributed by atoms with Crippen LogP contribution in [0.15, 0.2) is 55.0 Å². The number of ether oxygens (including phenoxy) is 1. The molecule has 8 heteroatoms. The van der Waals surface area contributed by atoms with E-state index in [9.17, 15) is 5.11 Å². The molecule has 1 fully saturated rings. The van der Waals surface area contributed by atoms with E-state index in [2.05, 4.69) is 37.5 Å². The van der Waals surface area contributed by atoms with Gasteiger partial charge in [0.05, 0.1) is 36.2 Å². The number of nitrogens with zero attached hydrogens (tertiary/aromatic N) is 4. The number of benzene rings is 2. The summed E-state index contributed by atoms with van der Waals surface area (Å²) in [6, 6.07) is 12.0. The minimum Gasteiger partial charge on any atom is -0.497 e. The molecule has 0 bridgehead atoms. The fourth-order valence-corrected chi connectivity index (χ4v) is 3.82. The summed E-state index contributed by atoms with van der Waals surface area (Å²) in [7, 11) is 3.37. The van der Waals surface area contributed by atoms with Gasteiger partial charge in [0.25, 0.3) is 0 Å². The summed E-state index contributed by atoms with van der Waals surface area (Å²) in [5, 5.41) is 20.1. The third-order valence-electron chi connectivity index (χ3n) is 5.82. The van der Waals surface area contributed by atoms with Gasteiger partial charge in [-0.25, -0.2) is 4.98 Å². The van der Waals surface area contributed by atoms with E-state index in [1.165, 1.54) is 12.8 Å². The Bertz CT molecular complexity index is 1220. The van der Waals surface area contributed by atoms with E-state index in [1.807, 2.05) is 30.5 Å². The van der Waals surface area contributed by atoms with E-state index in [0.717, 1.165) is 45.8 Å². The number of hydrogen-bond donors (Lipinski definition) is 3. The van der Waals surface area contributed by atoms with Crippen LogP contribution in [0.2, 0.25) is 0 Å². The van der Waals surface area contributed by atoms with Crippen molar-refractivity contribution in [1.29, 1.82) is 0 Å². The van der Waals surface area contributed by atoms with Crippen LogP contribution >= 0.6 is 0 Å². The van der Waals surface area contributed by atoms with Crippen LogP contribution < -0.4 is 15.0 Å². The van der Waals surface area contributed by atoms with Gasteiger partial charge in [-0.05, 0) is 56.1 Å². The van der Waals surface area contributed by atoms with Crippen LogP contribution in [0, 0.1) is 5.92 Å². The zero-order valence-electron chi connectivity index (χ0n) is 18.1. The average Bonchev–Trinajstić information content (AvgIpc) is 3.50. The summed E-state index contributed by atoms with van der Waals surface area (Å²) < 4.78 is 5.53. The highest BCUT2D eigenvalue weighted by atomic mass is 16.5. The number of aliphatic hydroxyl groups is 1. The van der Waals surface area contributed by atoms with E-state index in [-0.39, 0.29) is 0 Å². The van der Waals surface area contributed by atoms with Crippen LogP contribution in [-0.4, -0.2) is 46.0 Å². The molecule has 32 heavy (non-hydrogen) atoms. The molecule has 0 saturated heterocycles. The number of hydrogen-bond acceptors (Lipinski definition) is 7. The second-order valence-electron chi connectivity index (χ2n) is 8.12. The molecule has 2 aromatic heterocycles. The second-order valence-corrected chi connectivity index (χ2v) is 8.12. The number of aliphatic hydroxyl groups excluding tert-OH is 1. The Morgan fingerprint density at radius 1 is 1.16 bits per heavy atom. The Morgan fingerprint density at radius 3 is 2.75 bits per heavy atom. The number of anilines is 2. The summed E-state index contributed by atoms with van der Waals surface area (Å²) >= 11 is 0. The van der Waals surface area contributed by atoms with Crippen molar-refractivity contribution in [1.82, 2.24) is 25.5 Å². The summed E-state index contributed by atoms with van der Waals surface area (Å²) in [5.41, 5.74) is 6.09. The number of fused-ring (bicyclic) bond motifs is 1. The zero-order chi connectivity index (χ0) is 22.1. The van der Waals surface area contributed by atoms with Crippen molar-refractivity contribution in [3.05, 3.63) is 60.6 Å². The maximum atomic E-state index is 10.4. The van der Waals surface area contributed by atoms with Crippen LogP contribution in [0.25, 0.3) is 22.3 Å². The zero-order valence-corrected chi connectivity index (χ0v) is 18.1. The van der Waals surface area contributed by atoms with Gasteiger partial charge in [-0.15, -0.1) is 0 Å². The van der Waals surface area contributed by atoms with Crippen molar-refractivity contribution in [3.63, 3.8) is 0 Å². The van der Waals surface area contributed by atoms with Crippen LogP contribution in [0.3, 0.4) is 0 Å². The molecule has 1 atom stereocenters. The summed E-state index contributed by atoms with van der Waals surface area (Å²) in [5.74, 6) is 1.35. The topological polar surface area (TPSA) is 99.2 Å². The van der Waals surface area contributed by atoms with Crippen molar-refractivity contribution >= 4 is 22.4 Å². The Balaban J connectivity index is 1.58. The third kappa shape index (κ3) is 4.15. The van der Waals surface area contributed by atoms with Crippen molar-refractivity contribution in [3.8, 4) is 17.0 Å². The van der Waals surface area contributed by atoms with E-state index < -0.39 is 6.23 Å². The van der Waals surface area contributed by atoms with Crippen molar-refractivity contribution in [2.24, 2.45) is 5.92 Å². The highest BCUT2D eigenvalue weighted by molar-refractivity contribution is 5.82. The number of nitrogens with one attached hydrogen (secondary N) is 2. The van der Waals surface area contributed by atoms with Gasteiger partial charge in [-0.2, -0.15) is 5.10 Å². The van der Waals surface area contributed by atoms with Gasteiger partial charge in [0.2, 0.25) is 0 Å². The van der Waals surface area contributed by atoms with Gasteiger partial charge in [0.1, 0.15) is 12.0 Å². The third-order valence-corrected chi connectivity index (χ3v) is 5.82. The normalized spacial score (nSPS) is 14.5. The van der Waals surface area contributed by atoms with Gasteiger partial charge in [0.15, 0.2) is 0 Å². The quantitative estimate of drug-likeness (QED) is 0.366. The first-order valence-corrected chi connectivity index (χ1v) is 10.7. The predicted molar refractivity (Wildman–Crippen MR) is 124 cm³/mol. The molecule has 2 aromatic carbocycles. The number of methoxy groups -OCH3 is 1. The van der Waals surface area contributed by atoms with Crippen molar-refractivity contribution in [2.45, 2.75) is 19.1 Å². The molecule has 1 saturated carbocycles. The van der Waals surface area contributed by atoms with E-state index in [0.29, 0.717) is 11.7 Å². The van der Waals surface area contributed by atoms with Gasteiger partial charge in [0, 0.05) is 41.3 Å². The predicted octanol–water partition coefficient (Wildman–Crippen LogP) is 3.79. The van der Waals surface area contributed by atoms with Gasteiger partial charge in [-0.1, -0.05) is 0 Å². The molecule has 0 aliphatic heterocycles. The lowest BCUT2D eigenvalue weighted by atomic mass is 10.1. The molecule has 1 aliphatic rings. The second kappa shape index (κ2) is 8.57. The van der Waals surface area contributed by atoms with Crippen molar-refractivity contribution < 1.29 is 9.84 Å². The SMILES string of the molecule is CNC(O)c1cc(OC)cc(N(CC2CC2)c2ccc3ncc(-c4cn[nH]c4)nc3c2)c1. The first-order chi connectivity index (χ1) is 15.6. The van der Waals surface area contributed by atoms with Crippen LogP contribution in [0.5, 0.6) is 5.75 Å². The summed E-state index contributed by atoms with van der Waals surface area (Å²) in [6.45, 7) is 0.891. The minimum absolute atomic E-state index is 0.651. The lowest BCUT2D eigenvalue weighted by Gasteiger charge is -2.27. The van der Waals surface area contributed by atoms with E-state index in [4.69, 9.17) is 9.72 Å². The number of rotatable bonds is 8.